The Morgan fingerprint density at radius 3 is 2.64 bits per heavy atom. The summed E-state index contributed by atoms with van der Waals surface area (Å²) in [5, 5.41) is 4.21. The molecule has 0 bridgehead atoms. The molecule has 0 fully saturated rings. The van der Waals surface area contributed by atoms with Crippen molar-refractivity contribution in [2.24, 2.45) is 4.99 Å². The summed E-state index contributed by atoms with van der Waals surface area (Å²) in [5.74, 6) is 1.91. The van der Waals surface area contributed by atoms with Crippen molar-refractivity contribution < 1.29 is 0 Å². The normalized spacial score (nSPS) is 13.8. The van der Waals surface area contributed by atoms with Crippen LogP contribution in [0, 0.1) is 0 Å². The van der Waals surface area contributed by atoms with Crippen molar-refractivity contribution in [3.05, 3.63) is 64.7 Å². The largest absolute Gasteiger partial charge is 0.370 e. The number of benzene rings is 2. The van der Waals surface area contributed by atoms with Crippen molar-refractivity contribution in [3.63, 3.8) is 0 Å². The Labute approximate surface area is 146 Å². The highest BCUT2D eigenvalue weighted by atomic mass is 35.5. The standard InChI is InChI=1S/C17H17ClN2S.ClH/c18-15-8-3-4-9-16(15)21-12-13-6-1-2-7-14(13)17-19-10-5-11-20-17;/h1-4,6-9H,5,10-12H2,(H,19,20);1H. The molecule has 0 aromatic heterocycles. The van der Waals surface area contributed by atoms with Crippen LogP contribution in [-0.2, 0) is 5.75 Å². The second-order valence-corrected chi connectivity index (χ2v) is 6.31. The van der Waals surface area contributed by atoms with Crippen molar-refractivity contribution in [3.8, 4) is 0 Å². The molecule has 3 rings (SSSR count). The highest BCUT2D eigenvalue weighted by Gasteiger charge is 2.11. The molecule has 0 saturated carbocycles. The number of thioether (sulfide) groups is 1. The minimum atomic E-state index is 0. The highest BCUT2D eigenvalue weighted by Crippen LogP contribution is 2.30. The zero-order valence-corrected chi connectivity index (χ0v) is 14.5. The lowest BCUT2D eigenvalue weighted by molar-refractivity contribution is 0.742. The summed E-state index contributed by atoms with van der Waals surface area (Å²) in [4.78, 5) is 5.72. The van der Waals surface area contributed by atoms with Crippen molar-refractivity contribution in [2.45, 2.75) is 17.1 Å². The van der Waals surface area contributed by atoms with Crippen LogP contribution in [0.5, 0.6) is 0 Å². The summed E-state index contributed by atoms with van der Waals surface area (Å²) >= 11 is 7.99. The van der Waals surface area contributed by atoms with Crippen LogP contribution < -0.4 is 5.32 Å². The third-order valence-corrected chi connectivity index (χ3v) is 4.95. The minimum Gasteiger partial charge on any atom is -0.370 e. The number of hydrogen-bond donors (Lipinski definition) is 1. The molecule has 0 saturated heterocycles. The molecule has 0 atom stereocenters. The molecule has 0 amide bonds. The number of halogens is 2. The first kappa shape index (κ1) is 17.2. The van der Waals surface area contributed by atoms with Gasteiger partial charge in [0.2, 0.25) is 0 Å². The summed E-state index contributed by atoms with van der Waals surface area (Å²) in [6.45, 7) is 1.92. The van der Waals surface area contributed by atoms with Gasteiger partial charge in [-0.3, -0.25) is 4.99 Å². The van der Waals surface area contributed by atoms with Gasteiger partial charge in [-0.2, -0.15) is 0 Å². The van der Waals surface area contributed by atoms with Crippen LogP contribution in [0.25, 0.3) is 0 Å². The lowest BCUT2D eigenvalue weighted by Gasteiger charge is -2.17. The molecule has 1 heterocycles. The van der Waals surface area contributed by atoms with Crippen molar-refractivity contribution in [1.29, 1.82) is 0 Å². The molecule has 0 aliphatic carbocycles. The highest BCUT2D eigenvalue weighted by molar-refractivity contribution is 7.98. The van der Waals surface area contributed by atoms with E-state index in [0.717, 1.165) is 41.0 Å². The second kappa shape index (κ2) is 8.47. The summed E-state index contributed by atoms with van der Waals surface area (Å²) in [6, 6.07) is 16.4. The van der Waals surface area contributed by atoms with Crippen molar-refractivity contribution in [2.75, 3.05) is 13.1 Å². The predicted octanol–water partition coefficient (Wildman–Crippen LogP) is 4.79. The van der Waals surface area contributed by atoms with E-state index < -0.39 is 0 Å². The lowest BCUT2D eigenvalue weighted by Crippen LogP contribution is -2.30. The first-order chi connectivity index (χ1) is 10.3. The van der Waals surface area contributed by atoms with E-state index in [-0.39, 0.29) is 12.4 Å². The number of amidine groups is 1. The van der Waals surface area contributed by atoms with E-state index in [1.165, 1.54) is 11.1 Å². The lowest BCUT2D eigenvalue weighted by atomic mass is 10.1. The molecule has 1 N–H and O–H groups in total. The Bertz CT molecular complexity index is 659. The molecular weight excluding hydrogens is 335 g/mol. The fourth-order valence-electron chi connectivity index (χ4n) is 2.31. The Balaban J connectivity index is 0.00000176. The van der Waals surface area contributed by atoms with E-state index in [1.807, 2.05) is 18.2 Å². The number of nitrogens with one attached hydrogen (secondary N) is 1. The minimum absolute atomic E-state index is 0. The molecular formula is C17H18Cl2N2S. The monoisotopic (exact) mass is 352 g/mol. The molecule has 0 spiro atoms. The van der Waals surface area contributed by atoms with Crippen LogP contribution >= 0.6 is 35.8 Å². The van der Waals surface area contributed by atoms with Crippen LogP contribution in [0.1, 0.15) is 17.5 Å². The SMILES string of the molecule is Cl.Clc1ccccc1SCc1ccccc1C1=NCCCN1. The number of hydrogen-bond acceptors (Lipinski definition) is 3. The number of aliphatic imine (C=N–C) groups is 1. The first-order valence-electron chi connectivity index (χ1n) is 7.08. The average Bonchev–Trinajstić information content (AvgIpc) is 2.55. The van der Waals surface area contributed by atoms with E-state index in [0.29, 0.717) is 0 Å². The van der Waals surface area contributed by atoms with Gasteiger partial charge in [-0.1, -0.05) is 48.0 Å². The van der Waals surface area contributed by atoms with Crippen LogP contribution in [-0.4, -0.2) is 18.9 Å². The van der Waals surface area contributed by atoms with Gasteiger partial charge in [0.05, 0.1) is 5.02 Å². The molecule has 1 aliphatic heterocycles. The van der Waals surface area contributed by atoms with E-state index in [1.54, 1.807) is 11.8 Å². The molecule has 116 valence electrons. The van der Waals surface area contributed by atoms with Crippen molar-refractivity contribution in [1.82, 2.24) is 5.32 Å². The van der Waals surface area contributed by atoms with Gasteiger partial charge in [-0.25, -0.2) is 0 Å². The molecule has 2 nitrogen and oxygen atoms in total. The fourth-order valence-corrected chi connectivity index (χ4v) is 3.55. The quantitative estimate of drug-likeness (QED) is 0.799. The van der Waals surface area contributed by atoms with Gasteiger partial charge in [-0.15, -0.1) is 24.2 Å². The molecule has 0 radical (unpaired) electrons. The van der Waals surface area contributed by atoms with Crippen LogP contribution in [0.2, 0.25) is 5.02 Å². The molecule has 0 unspecified atom stereocenters. The smallest absolute Gasteiger partial charge is 0.128 e. The van der Waals surface area contributed by atoms with Crippen LogP contribution in [0.4, 0.5) is 0 Å². The summed E-state index contributed by atoms with van der Waals surface area (Å²) in [5.41, 5.74) is 2.49. The van der Waals surface area contributed by atoms with Crippen LogP contribution in [0.15, 0.2) is 58.4 Å². The molecule has 5 heteroatoms. The van der Waals surface area contributed by atoms with Gasteiger partial charge in [0.15, 0.2) is 0 Å². The number of rotatable bonds is 4. The zero-order chi connectivity index (χ0) is 14.5. The van der Waals surface area contributed by atoms with E-state index in [9.17, 15) is 0 Å². The molecule has 22 heavy (non-hydrogen) atoms. The first-order valence-corrected chi connectivity index (χ1v) is 8.45. The summed E-state index contributed by atoms with van der Waals surface area (Å²) in [6.07, 6.45) is 1.11. The maximum Gasteiger partial charge on any atom is 0.128 e. The predicted molar refractivity (Wildman–Crippen MR) is 98.7 cm³/mol. The van der Waals surface area contributed by atoms with Crippen LogP contribution in [0.3, 0.4) is 0 Å². The third-order valence-electron chi connectivity index (χ3n) is 3.39. The van der Waals surface area contributed by atoms with Gasteiger partial charge >= 0.3 is 0 Å². The Morgan fingerprint density at radius 1 is 1.09 bits per heavy atom. The molecule has 2 aromatic carbocycles. The topological polar surface area (TPSA) is 24.4 Å². The zero-order valence-electron chi connectivity index (χ0n) is 12.1. The Kier molecular flexibility index (Phi) is 6.62. The fraction of sp³-hybridized carbons (Fsp3) is 0.235. The maximum atomic E-state index is 6.22. The van der Waals surface area contributed by atoms with E-state index in [4.69, 9.17) is 11.6 Å². The van der Waals surface area contributed by atoms with E-state index >= 15 is 0 Å². The Morgan fingerprint density at radius 2 is 1.86 bits per heavy atom. The second-order valence-electron chi connectivity index (χ2n) is 4.89. The summed E-state index contributed by atoms with van der Waals surface area (Å²) < 4.78 is 0. The third kappa shape index (κ3) is 4.19. The van der Waals surface area contributed by atoms with Crippen molar-refractivity contribution >= 4 is 41.6 Å². The van der Waals surface area contributed by atoms with Gasteiger partial charge in [-0.05, 0) is 24.1 Å². The van der Waals surface area contributed by atoms with Gasteiger partial charge < -0.3 is 5.32 Å². The number of nitrogens with zero attached hydrogens (tertiary/aromatic N) is 1. The van der Waals surface area contributed by atoms with Gasteiger partial charge in [0.25, 0.3) is 0 Å². The summed E-state index contributed by atoms with van der Waals surface area (Å²) in [7, 11) is 0. The molecule has 1 aliphatic rings. The molecule has 2 aromatic rings. The van der Waals surface area contributed by atoms with E-state index in [2.05, 4.69) is 40.6 Å². The van der Waals surface area contributed by atoms with Gasteiger partial charge in [0.1, 0.15) is 5.84 Å². The average molecular weight is 353 g/mol. The maximum absolute atomic E-state index is 6.22. The van der Waals surface area contributed by atoms with Gasteiger partial charge in [0, 0.05) is 29.3 Å². The Hall–Kier alpha value is -1.16.